The summed E-state index contributed by atoms with van der Waals surface area (Å²) in [5.74, 6) is 0.932. The molecule has 3 nitrogen and oxygen atoms in total. The topological polar surface area (TPSA) is 22.2 Å². The van der Waals surface area contributed by atoms with E-state index in [0.29, 0.717) is 0 Å². The van der Waals surface area contributed by atoms with Gasteiger partial charge in [0.25, 0.3) is 0 Å². The van der Waals surface area contributed by atoms with E-state index in [1.54, 1.807) is 0 Å². The zero-order chi connectivity index (χ0) is 35.9. The number of aryl methyl sites for hydroxylation is 1. The third-order valence-corrected chi connectivity index (χ3v) is 17.3. The molecule has 1 aliphatic heterocycles. The van der Waals surface area contributed by atoms with Gasteiger partial charge in [-0.05, 0) is 92.8 Å². The van der Waals surface area contributed by atoms with Crippen molar-refractivity contribution in [3.8, 4) is 16.8 Å². The normalized spacial score (nSPS) is 14.6. The molecular formula is C48H39N3SSi. The summed E-state index contributed by atoms with van der Waals surface area (Å²) in [6.07, 6.45) is 0. The highest BCUT2D eigenvalue weighted by atomic mass is 32.2. The van der Waals surface area contributed by atoms with Crippen LogP contribution in [0.25, 0.3) is 44.7 Å². The van der Waals surface area contributed by atoms with Crippen molar-refractivity contribution in [2.24, 2.45) is 0 Å². The van der Waals surface area contributed by atoms with E-state index in [-0.39, 0.29) is 5.41 Å². The average Bonchev–Trinajstić information content (AvgIpc) is 3.73. The fraction of sp³-hybridized carbons (Fsp3) is 0.104. The molecule has 0 bridgehead atoms. The standard InChI is InChI=1S/C48H39N3SSi/c1-32-28-29-36(31-38(32)37-20-15-22-40-46(37)52-45-27-13-8-21-39(45)48(40,2)3)53(4,34-17-6-5-7-18-34)35-19-14-16-33(30-35)50-43-25-11-12-26-44(43)51-42-24-10-9-23-41(42)49-47(50)51/h5-31H,1-4H3. The molecule has 5 heteroatoms. The third kappa shape index (κ3) is 4.77. The van der Waals surface area contributed by atoms with Crippen molar-refractivity contribution < 1.29 is 0 Å². The molecule has 0 amide bonds. The number of benzene rings is 7. The number of fused-ring (bicyclic) bond motifs is 7. The lowest BCUT2D eigenvalue weighted by atomic mass is 9.76. The SMILES string of the molecule is Cc1ccc([Si](C)(c2ccccc2)c2cccc(-n3c4ccccc4n4c5ccccc5nc34)c2)cc1-c1cccc2c1Sc1ccccc1C2(C)C. The molecule has 0 spiro atoms. The zero-order valence-corrected chi connectivity index (χ0v) is 32.2. The van der Waals surface area contributed by atoms with Crippen molar-refractivity contribution in [2.45, 2.75) is 42.5 Å². The first-order valence-electron chi connectivity index (χ1n) is 18.4. The van der Waals surface area contributed by atoms with E-state index in [4.69, 9.17) is 4.98 Å². The number of nitrogens with zero attached hydrogens (tertiary/aromatic N) is 3. The molecule has 2 aromatic heterocycles. The van der Waals surface area contributed by atoms with Crippen LogP contribution in [-0.4, -0.2) is 22.0 Å². The first-order chi connectivity index (χ1) is 25.8. The molecule has 9 aromatic rings. The van der Waals surface area contributed by atoms with Crippen LogP contribution in [0.15, 0.2) is 174 Å². The largest absolute Gasteiger partial charge is 0.278 e. The van der Waals surface area contributed by atoms with Gasteiger partial charge < -0.3 is 0 Å². The molecule has 1 aliphatic rings. The maximum absolute atomic E-state index is 5.19. The molecule has 1 atom stereocenters. The van der Waals surface area contributed by atoms with E-state index < -0.39 is 8.07 Å². The number of hydrogen-bond donors (Lipinski definition) is 0. The Morgan fingerprint density at radius 3 is 2.08 bits per heavy atom. The molecule has 53 heavy (non-hydrogen) atoms. The second-order valence-corrected chi connectivity index (χ2v) is 20.1. The number of para-hydroxylation sites is 4. The molecule has 0 radical (unpaired) electrons. The summed E-state index contributed by atoms with van der Waals surface area (Å²) in [6, 6.07) is 60.7. The highest BCUT2D eigenvalue weighted by Gasteiger charge is 2.37. The predicted molar refractivity (Wildman–Crippen MR) is 226 cm³/mol. The van der Waals surface area contributed by atoms with Crippen LogP contribution < -0.4 is 15.6 Å². The van der Waals surface area contributed by atoms with Gasteiger partial charge in [0.2, 0.25) is 5.78 Å². The van der Waals surface area contributed by atoms with Crippen LogP contribution in [0.2, 0.25) is 6.55 Å². The van der Waals surface area contributed by atoms with Gasteiger partial charge in [-0.3, -0.25) is 8.97 Å². The zero-order valence-electron chi connectivity index (χ0n) is 30.3. The van der Waals surface area contributed by atoms with Crippen LogP contribution >= 0.6 is 11.8 Å². The van der Waals surface area contributed by atoms with Gasteiger partial charge in [-0.2, -0.15) is 0 Å². The summed E-state index contributed by atoms with van der Waals surface area (Å²) < 4.78 is 4.64. The van der Waals surface area contributed by atoms with Gasteiger partial charge >= 0.3 is 0 Å². The smallest absolute Gasteiger partial charge is 0.220 e. The van der Waals surface area contributed by atoms with Gasteiger partial charge in [0, 0.05) is 20.9 Å². The summed E-state index contributed by atoms with van der Waals surface area (Å²) in [6.45, 7) is 9.54. The summed E-state index contributed by atoms with van der Waals surface area (Å²) in [4.78, 5) is 7.91. The highest BCUT2D eigenvalue weighted by molar-refractivity contribution is 7.99. The average molecular weight is 718 g/mol. The monoisotopic (exact) mass is 717 g/mol. The maximum Gasteiger partial charge on any atom is 0.220 e. The van der Waals surface area contributed by atoms with Gasteiger partial charge in [-0.25, -0.2) is 4.98 Å². The van der Waals surface area contributed by atoms with Gasteiger partial charge in [0.1, 0.15) is 8.07 Å². The van der Waals surface area contributed by atoms with Crippen LogP contribution in [-0.2, 0) is 5.41 Å². The van der Waals surface area contributed by atoms with Crippen molar-refractivity contribution in [3.63, 3.8) is 0 Å². The van der Waals surface area contributed by atoms with Gasteiger partial charge in [-0.1, -0.05) is 153 Å². The Bertz CT molecular complexity index is 2880. The van der Waals surface area contributed by atoms with Crippen LogP contribution in [0, 0.1) is 6.92 Å². The molecule has 0 N–H and O–H groups in total. The van der Waals surface area contributed by atoms with Crippen LogP contribution in [0.5, 0.6) is 0 Å². The first-order valence-corrected chi connectivity index (χ1v) is 21.7. The molecule has 0 saturated carbocycles. The van der Waals surface area contributed by atoms with Gasteiger partial charge in [-0.15, -0.1) is 0 Å². The number of aromatic nitrogens is 3. The van der Waals surface area contributed by atoms with E-state index in [9.17, 15) is 0 Å². The summed E-state index contributed by atoms with van der Waals surface area (Å²) in [5.41, 5.74) is 12.2. The van der Waals surface area contributed by atoms with Crippen LogP contribution in [0.1, 0.15) is 30.5 Å². The van der Waals surface area contributed by atoms with Gasteiger partial charge in [0.15, 0.2) is 0 Å². The molecule has 1 unspecified atom stereocenters. The molecule has 3 heterocycles. The number of rotatable bonds is 5. The fourth-order valence-electron chi connectivity index (χ4n) is 8.73. The molecule has 7 aromatic carbocycles. The summed E-state index contributed by atoms with van der Waals surface area (Å²) in [7, 11) is -2.54. The highest BCUT2D eigenvalue weighted by Crippen LogP contribution is 2.52. The number of imidazole rings is 2. The first kappa shape index (κ1) is 32.1. The van der Waals surface area contributed by atoms with E-state index in [1.807, 2.05) is 11.8 Å². The van der Waals surface area contributed by atoms with E-state index in [0.717, 1.165) is 33.5 Å². The molecule has 0 fully saturated rings. The van der Waals surface area contributed by atoms with Crippen LogP contribution in [0.3, 0.4) is 0 Å². The van der Waals surface area contributed by atoms with E-state index in [2.05, 4.69) is 200 Å². The van der Waals surface area contributed by atoms with Crippen molar-refractivity contribution in [1.29, 1.82) is 0 Å². The van der Waals surface area contributed by atoms with E-state index in [1.165, 1.54) is 53.2 Å². The second kappa shape index (κ2) is 12.0. The molecular weight excluding hydrogens is 679 g/mol. The minimum Gasteiger partial charge on any atom is -0.278 e. The van der Waals surface area contributed by atoms with Crippen molar-refractivity contribution in [1.82, 2.24) is 14.0 Å². The summed E-state index contributed by atoms with van der Waals surface area (Å²) >= 11 is 1.93. The Labute approximate surface area is 315 Å². The number of hydrogen-bond acceptors (Lipinski definition) is 2. The molecule has 0 saturated heterocycles. The minimum atomic E-state index is -2.54. The maximum atomic E-state index is 5.19. The quantitative estimate of drug-likeness (QED) is 0.131. The lowest BCUT2D eigenvalue weighted by Gasteiger charge is -2.36. The van der Waals surface area contributed by atoms with Crippen molar-refractivity contribution in [2.75, 3.05) is 0 Å². The van der Waals surface area contributed by atoms with E-state index >= 15 is 0 Å². The Kier molecular flexibility index (Phi) is 7.23. The lowest BCUT2D eigenvalue weighted by Crippen LogP contribution is -2.64. The van der Waals surface area contributed by atoms with Crippen molar-refractivity contribution >= 4 is 63.2 Å². The van der Waals surface area contributed by atoms with Crippen LogP contribution in [0.4, 0.5) is 0 Å². The molecule has 10 rings (SSSR count). The lowest BCUT2D eigenvalue weighted by molar-refractivity contribution is 0.608. The summed E-state index contributed by atoms with van der Waals surface area (Å²) in [5, 5.41) is 4.15. The Morgan fingerprint density at radius 1 is 0.566 bits per heavy atom. The molecule has 0 aliphatic carbocycles. The minimum absolute atomic E-state index is 0.0821. The molecule has 256 valence electrons. The fourth-order valence-corrected chi connectivity index (χ4v) is 13.8. The van der Waals surface area contributed by atoms with Gasteiger partial charge in [0.05, 0.1) is 22.1 Å². The van der Waals surface area contributed by atoms with Crippen molar-refractivity contribution in [3.05, 3.63) is 180 Å². The Hall–Kier alpha value is -5.62. The third-order valence-electron chi connectivity index (χ3n) is 11.7. The Morgan fingerprint density at radius 2 is 1.23 bits per heavy atom. The second-order valence-electron chi connectivity index (χ2n) is 15.0. The Balaban J connectivity index is 1.17. The predicted octanol–water partition coefficient (Wildman–Crippen LogP) is 10.3.